The molecule has 3 amide bonds. The molecule has 2 aliphatic heterocycles. The molecule has 0 unspecified atom stereocenters. The SMILES string of the molecule is CC(=O)Nc1ccc(CC(=O)N2CC(N3CCC(C(N)=O)CC3)C2)cc1. The number of carbonyl (C=O) groups excluding carboxylic acids is 3. The first-order valence-corrected chi connectivity index (χ1v) is 9.10. The summed E-state index contributed by atoms with van der Waals surface area (Å²) in [5.41, 5.74) is 7.05. The maximum atomic E-state index is 12.4. The third-order valence-corrected chi connectivity index (χ3v) is 5.29. The Hall–Kier alpha value is -2.41. The smallest absolute Gasteiger partial charge is 0.227 e. The summed E-state index contributed by atoms with van der Waals surface area (Å²) in [5, 5.41) is 2.71. The van der Waals surface area contributed by atoms with Gasteiger partial charge in [0.05, 0.1) is 6.42 Å². The summed E-state index contributed by atoms with van der Waals surface area (Å²) in [4.78, 5) is 38.9. The molecule has 1 aromatic rings. The average molecular weight is 358 g/mol. The second-order valence-electron chi connectivity index (χ2n) is 7.22. The minimum atomic E-state index is -0.195. The average Bonchev–Trinajstić information content (AvgIpc) is 2.55. The van der Waals surface area contributed by atoms with Crippen LogP contribution in [0.5, 0.6) is 0 Å². The van der Waals surface area contributed by atoms with Gasteiger partial charge in [0.1, 0.15) is 0 Å². The number of benzene rings is 1. The Balaban J connectivity index is 1.42. The van der Waals surface area contributed by atoms with Crippen LogP contribution in [0.3, 0.4) is 0 Å². The van der Waals surface area contributed by atoms with Crippen LogP contribution >= 0.6 is 0 Å². The lowest BCUT2D eigenvalue weighted by Gasteiger charge is -2.47. The van der Waals surface area contributed by atoms with E-state index >= 15 is 0 Å². The minimum absolute atomic E-state index is 0.00419. The third kappa shape index (κ3) is 4.40. The van der Waals surface area contributed by atoms with Gasteiger partial charge in [0.2, 0.25) is 17.7 Å². The van der Waals surface area contributed by atoms with Crippen molar-refractivity contribution in [1.29, 1.82) is 0 Å². The molecule has 0 bridgehead atoms. The van der Waals surface area contributed by atoms with E-state index in [0.717, 1.165) is 50.3 Å². The zero-order valence-electron chi connectivity index (χ0n) is 15.1. The number of hydrogen-bond donors (Lipinski definition) is 2. The number of likely N-dealkylation sites (tertiary alicyclic amines) is 2. The molecule has 2 heterocycles. The molecule has 0 aromatic heterocycles. The van der Waals surface area contributed by atoms with Crippen molar-refractivity contribution >= 4 is 23.4 Å². The number of hydrogen-bond acceptors (Lipinski definition) is 4. The van der Waals surface area contributed by atoms with Crippen LogP contribution in [0.2, 0.25) is 0 Å². The van der Waals surface area contributed by atoms with Gasteiger partial charge in [-0.3, -0.25) is 19.3 Å². The van der Waals surface area contributed by atoms with Crippen molar-refractivity contribution in [3.8, 4) is 0 Å². The first-order valence-electron chi connectivity index (χ1n) is 9.10. The molecule has 3 rings (SSSR count). The van der Waals surface area contributed by atoms with E-state index in [9.17, 15) is 14.4 Å². The standard InChI is InChI=1S/C19H26N4O3/c1-13(24)21-16-4-2-14(3-5-16)10-18(25)23-11-17(12-23)22-8-6-15(7-9-22)19(20)26/h2-5,15,17H,6-12H2,1H3,(H2,20,26)(H,21,24). The van der Waals surface area contributed by atoms with E-state index in [1.165, 1.54) is 6.92 Å². The Kier molecular flexibility index (Phi) is 5.56. The van der Waals surface area contributed by atoms with Crippen molar-refractivity contribution in [1.82, 2.24) is 9.80 Å². The Morgan fingerprint density at radius 2 is 1.73 bits per heavy atom. The molecule has 0 spiro atoms. The number of nitrogens with zero attached hydrogens (tertiary/aromatic N) is 2. The summed E-state index contributed by atoms with van der Waals surface area (Å²) < 4.78 is 0. The highest BCUT2D eigenvalue weighted by molar-refractivity contribution is 5.88. The van der Waals surface area contributed by atoms with Crippen molar-refractivity contribution < 1.29 is 14.4 Å². The molecule has 2 saturated heterocycles. The molecule has 0 aliphatic carbocycles. The van der Waals surface area contributed by atoms with Crippen LogP contribution in [-0.4, -0.2) is 59.7 Å². The molecule has 2 aliphatic rings. The quantitative estimate of drug-likeness (QED) is 0.805. The van der Waals surface area contributed by atoms with Gasteiger partial charge in [-0.1, -0.05) is 12.1 Å². The van der Waals surface area contributed by atoms with E-state index in [1.54, 1.807) is 0 Å². The first kappa shape index (κ1) is 18.4. The van der Waals surface area contributed by atoms with Crippen molar-refractivity contribution in [2.75, 3.05) is 31.5 Å². The van der Waals surface area contributed by atoms with Gasteiger partial charge in [-0.25, -0.2) is 0 Å². The highest BCUT2D eigenvalue weighted by Crippen LogP contribution is 2.23. The highest BCUT2D eigenvalue weighted by atomic mass is 16.2. The lowest BCUT2D eigenvalue weighted by Crippen LogP contribution is -2.62. The van der Waals surface area contributed by atoms with E-state index in [2.05, 4.69) is 10.2 Å². The zero-order valence-corrected chi connectivity index (χ0v) is 15.1. The molecule has 7 nitrogen and oxygen atoms in total. The van der Waals surface area contributed by atoms with Gasteiger partial charge in [-0.2, -0.15) is 0 Å². The molecule has 0 radical (unpaired) electrons. The Bertz CT molecular complexity index is 675. The van der Waals surface area contributed by atoms with E-state index in [0.29, 0.717) is 12.5 Å². The number of nitrogens with one attached hydrogen (secondary N) is 1. The van der Waals surface area contributed by atoms with Crippen molar-refractivity contribution in [3.63, 3.8) is 0 Å². The van der Waals surface area contributed by atoms with Gasteiger partial charge >= 0.3 is 0 Å². The van der Waals surface area contributed by atoms with Crippen LogP contribution in [0.15, 0.2) is 24.3 Å². The summed E-state index contributed by atoms with van der Waals surface area (Å²) in [7, 11) is 0. The third-order valence-electron chi connectivity index (χ3n) is 5.29. The lowest BCUT2D eigenvalue weighted by atomic mass is 9.93. The van der Waals surface area contributed by atoms with Crippen LogP contribution in [-0.2, 0) is 20.8 Å². The lowest BCUT2D eigenvalue weighted by molar-refractivity contribution is -0.138. The van der Waals surface area contributed by atoms with E-state index in [1.807, 2.05) is 29.2 Å². The van der Waals surface area contributed by atoms with E-state index in [-0.39, 0.29) is 23.6 Å². The molecule has 3 N–H and O–H groups in total. The van der Waals surface area contributed by atoms with Crippen LogP contribution in [0, 0.1) is 5.92 Å². The number of carbonyl (C=O) groups is 3. The maximum Gasteiger partial charge on any atom is 0.227 e. The van der Waals surface area contributed by atoms with Crippen LogP contribution in [0.25, 0.3) is 0 Å². The van der Waals surface area contributed by atoms with Gasteiger partial charge in [0.25, 0.3) is 0 Å². The van der Waals surface area contributed by atoms with E-state index in [4.69, 9.17) is 5.73 Å². The Morgan fingerprint density at radius 1 is 1.12 bits per heavy atom. The topological polar surface area (TPSA) is 95.7 Å². The summed E-state index contributed by atoms with van der Waals surface area (Å²) in [6, 6.07) is 7.76. The molecule has 0 saturated carbocycles. The summed E-state index contributed by atoms with van der Waals surface area (Å²) in [6.07, 6.45) is 2.01. The largest absolute Gasteiger partial charge is 0.369 e. The predicted octanol–water partition coefficient (Wildman–Crippen LogP) is 0.596. The van der Waals surface area contributed by atoms with Crippen molar-refractivity contribution in [2.24, 2.45) is 11.7 Å². The van der Waals surface area contributed by atoms with Gasteiger partial charge in [-0.15, -0.1) is 0 Å². The van der Waals surface area contributed by atoms with Crippen LogP contribution in [0.1, 0.15) is 25.3 Å². The minimum Gasteiger partial charge on any atom is -0.369 e. The maximum absolute atomic E-state index is 12.4. The normalized spacial score (nSPS) is 19.0. The molecule has 26 heavy (non-hydrogen) atoms. The monoisotopic (exact) mass is 358 g/mol. The van der Waals surface area contributed by atoms with Gasteiger partial charge < -0.3 is 16.0 Å². The number of rotatable bonds is 5. The van der Waals surface area contributed by atoms with Crippen LogP contribution < -0.4 is 11.1 Å². The number of primary amides is 1. The van der Waals surface area contributed by atoms with Gasteiger partial charge in [0, 0.05) is 37.7 Å². The zero-order chi connectivity index (χ0) is 18.7. The van der Waals surface area contributed by atoms with E-state index < -0.39 is 0 Å². The number of amides is 3. The molecule has 0 atom stereocenters. The second kappa shape index (κ2) is 7.86. The number of nitrogens with two attached hydrogens (primary N) is 1. The molecule has 7 heteroatoms. The molecule has 1 aromatic carbocycles. The van der Waals surface area contributed by atoms with Crippen molar-refractivity contribution in [2.45, 2.75) is 32.2 Å². The second-order valence-corrected chi connectivity index (χ2v) is 7.22. The molecule has 140 valence electrons. The fourth-order valence-corrected chi connectivity index (χ4v) is 3.63. The fraction of sp³-hybridized carbons (Fsp3) is 0.526. The van der Waals surface area contributed by atoms with Crippen molar-refractivity contribution in [3.05, 3.63) is 29.8 Å². The number of piperidine rings is 1. The first-order chi connectivity index (χ1) is 12.4. The van der Waals surface area contributed by atoms with Crippen LogP contribution in [0.4, 0.5) is 5.69 Å². The summed E-state index contributed by atoms with van der Waals surface area (Å²) >= 11 is 0. The number of anilines is 1. The Morgan fingerprint density at radius 3 is 2.27 bits per heavy atom. The predicted molar refractivity (Wildman–Crippen MR) is 98.3 cm³/mol. The summed E-state index contributed by atoms with van der Waals surface area (Å²) in [5.74, 6) is -0.176. The molecular weight excluding hydrogens is 332 g/mol. The summed E-state index contributed by atoms with van der Waals surface area (Å²) in [6.45, 7) is 4.73. The fourth-order valence-electron chi connectivity index (χ4n) is 3.63. The molecular formula is C19H26N4O3. The van der Waals surface area contributed by atoms with Gasteiger partial charge in [-0.05, 0) is 43.6 Å². The Labute approximate surface area is 153 Å². The molecule has 2 fully saturated rings. The highest BCUT2D eigenvalue weighted by Gasteiger charge is 2.36. The van der Waals surface area contributed by atoms with Gasteiger partial charge in [0.15, 0.2) is 0 Å².